The lowest BCUT2D eigenvalue weighted by Crippen LogP contribution is -2.55. The predicted octanol–water partition coefficient (Wildman–Crippen LogP) is 1.29. The van der Waals surface area contributed by atoms with Crippen LogP contribution in [0.4, 0.5) is 26.3 Å². The van der Waals surface area contributed by atoms with Crippen molar-refractivity contribution < 1.29 is 31.1 Å². The molecular formula is C8H10F6N2O. The number of carbonyl (C=O) groups excluding carboxylic acids is 1. The molecule has 0 aromatic heterocycles. The summed E-state index contributed by atoms with van der Waals surface area (Å²) >= 11 is 0. The van der Waals surface area contributed by atoms with E-state index in [0.717, 1.165) is 0 Å². The van der Waals surface area contributed by atoms with Gasteiger partial charge in [0, 0.05) is 13.0 Å². The fourth-order valence-electron chi connectivity index (χ4n) is 1.75. The minimum Gasteiger partial charge on any atom is -0.330 e. The molecule has 100 valence electrons. The quantitative estimate of drug-likeness (QED) is 0.764. The van der Waals surface area contributed by atoms with Crippen LogP contribution in [-0.2, 0) is 4.79 Å². The third kappa shape index (κ3) is 3.02. The Balaban J connectivity index is 2.97. The molecule has 1 rings (SSSR count). The van der Waals surface area contributed by atoms with Crippen LogP contribution >= 0.6 is 0 Å². The van der Waals surface area contributed by atoms with E-state index in [1.54, 1.807) is 0 Å². The fourth-order valence-corrected chi connectivity index (χ4v) is 1.75. The summed E-state index contributed by atoms with van der Waals surface area (Å²) in [5.41, 5.74) is 5.14. The summed E-state index contributed by atoms with van der Waals surface area (Å²) in [5, 5.41) is 0. The van der Waals surface area contributed by atoms with Crippen molar-refractivity contribution in [3.8, 4) is 0 Å². The van der Waals surface area contributed by atoms with Crippen molar-refractivity contribution in [3.05, 3.63) is 0 Å². The van der Waals surface area contributed by atoms with Crippen molar-refractivity contribution in [1.29, 1.82) is 0 Å². The molecule has 0 spiro atoms. The molecule has 9 heteroatoms. The van der Waals surface area contributed by atoms with E-state index in [4.69, 9.17) is 5.73 Å². The second-order valence-electron chi connectivity index (χ2n) is 3.84. The van der Waals surface area contributed by atoms with Crippen molar-refractivity contribution in [1.82, 2.24) is 4.90 Å². The zero-order chi connectivity index (χ0) is 13.4. The first-order chi connectivity index (χ1) is 7.57. The molecule has 0 radical (unpaired) electrons. The second kappa shape index (κ2) is 4.35. The smallest absolute Gasteiger partial charge is 0.330 e. The molecule has 1 aliphatic heterocycles. The monoisotopic (exact) mass is 264 g/mol. The number of nitrogens with zero attached hydrogens (tertiary/aromatic N) is 1. The maximum absolute atomic E-state index is 12.3. The molecule has 0 aromatic rings. The van der Waals surface area contributed by atoms with E-state index in [2.05, 4.69) is 0 Å². The maximum atomic E-state index is 12.3. The lowest BCUT2D eigenvalue weighted by Gasteiger charge is -2.31. The topological polar surface area (TPSA) is 46.3 Å². The van der Waals surface area contributed by atoms with Gasteiger partial charge in [0.15, 0.2) is 0 Å². The van der Waals surface area contributed by atoms with Crippen LogP contribution in [0, 0.1) is 5.92 Å². The highest BCUT2D eigenvalue weighted by molar-refractivity contribution is 5.79. The van der Waals surface area contributed by atoms with E-state index in [0.29, 0.717) is 0 Å². The second-order valence-corrected chi connectivity index (χ2v) is 3.84. The Morgan fingerprint density at radius 3 is 2.00 bits per heavy atom. The number of hydrogen-bond donors (Lipinski definition) is 1. The highest BCUT2D eigenvalue weighted by atomic mass is 19.4. The van der Waals surface area contributed by atoms with E-state index < -0.39 is 36.8 Å². The summed E-state index contributed by atoms with van der Waals surface area (Å²) in [6.45, 7) is -0.732. The number of rotatable bonds is 2. The van der Waals surface area contributed by atoms with Gasteiger partial charge in [-0.2, -0.15) is 26.3 Å². The standard InChI is InChI=1S/C8H10F6N2O/c9-7(10,11)6(8(12,13)14)16-3-4(2-15)1-5(16)17/h4,6H,1-3,15H2. The largest absolute Gasteiger partial charge is 0.417 e. The van der Waals surface area contributed by atoms with Crippen LogP contribution in [0.15, 0.2) is 0 Å². The normalized spacial score (nSPS) is 22.7. The van der Waals surface area contributed by atoms with Gasteiger partial charge < -0.3 is 10.6 Å². The molecule has 1 fully saturated rings. The summed E-state index contributed by atoms with van der Waals surface area (Å²) in [5.74, 6) is -1.82. The molecule has 1 heterocycles. The van der Waals surface area contributed by atoms with Gasteiger partial charge in [0.05, 0.1) is 0 Å². The van der Waals surface area contributed by atoms with Gasteiger partial charge in [0.2, 0.25) is 11.9 Å². The number of carbonyl (C=O) groups is 1. The first-order valence-corrected chi connectivity index (χ1v) is 4.70. The minimum atomic E-state index is -5.53. The Bertz CT molecular complexity index is 285. The molecular weight excluding hydrogens is 254 g/mol. The van der Waals surface area contributed by atoms with Gasteiger partial charge in [-0.05, 0) is 12.5 Å². The molecule has 1 unspecified atom stereocenters. The first-order valence-electron chi connectivity index (χ1n) is 4.70. The molecule has 2 N–H and O–H groups in total. The van der Waals surface area contributed by atoms with Gasteiger partial charge in [-0.1, -0.05) is 0 Å². The van der Waals surface area contributed by atoms with Crippen LogP contribution in [0.25, 0.3) is 0 Å². The molecule has 17 heavy (non-hydrogen) atoms. The minimum absolute atomic E-state index is 0.120. The SMILES string of the molecule is NCC1CC(=O)N(C(C(F)(F)F)C(F)(F)F)C1. The molecule has 0 saturated carbocycles. The van der Waals surface area contributed by atoms with Crippen LogP contribution in [0.2, 0.25) is 0 Å². The predicted molar refractivity (Wildman–Crippen MR) is 44.8 cm³/mol. The molecule has 1 atom stereocenters. The average Bonchev–Trinajstić information content (AvgIpc) is 2.42. The summed E-state index contributed by atoms with van der Waals surface area (Å²) in [7, 11) is 0. The van der Waals surface area contributed by atoms with Gasteiger partial charge in [-0.15, -0.1) is 0 Å². The van der Waals surface area contributed by atoms with Gasteiger partial charge in [0.1, 0.15) is 0 Å². The molecule has 0 aliphatic carbocycles. The molecule has 3 nitrogen and oxygen atoms in total. The lowest BCUT2D eigenvalue weighted by molar-refractivity contribution is -0.282. The van der Waals surface area contributed by atoms with Crippen molar-refractivity contribution in [2.45, 2.75) is 24.8 Å². The highest BCUT2D eigenvalue weighted by Crippen LogP contribution is 2.39. The van der Waals surface area contributed by atoms with Crippen molar-refractivity contribution in [2.24, 2.45) is 11.7 Å². The highest BCUT2D eigenvalue weighted by Gasteiger charge is 2.62. The molecule has 0 bridgehead atoms. The van der Waals surface area contributed by atoms with Crippen LogP contribution in [0.3, 0.4) is 0 Å². The van der Waals surface area contributed by atoms with E-state index in [1.165, 1.54) is 0 Å². The Morgan fingerprint density at radius 1 is 1.24 bits per heavy atom. The number of hydrogen-bond acceptors (Lipinski definition) is 2. The average molecular weight is 264 g/mol. The summed E-state index contributed by atoms with van der Waals surface area (Å²) in [6, 6.07) is -3.74. The number of likely N-dealkylation sites (tertiary alicyclic amines) is 1. The third-order valence-electron chi connectivity index (χ3n) is 2.50. The summed E-state index contributed by atoms with van der Waals surface area (Å²) < 4.78 is 74.0. The zero-order valence-electron chi connectivity index (χ0n) is 8.48. The Labute approximate surface area is 92.5 Å². The molecule has 0 aromatic carbocycles. The molecule has 1 saturated heterocycles. The summed E-state index contributed by atoms with van der Waals surface area (Å²) in [4.78, 5) is 11.0. The Hall–Kier alpha value is -0.990. The Morgan fingerprint density at radius 2 is 1.71 bits per heavy atom. The number of nitrogens with two attached hydrogens (primary N) is 1. The lowest BCUT2D eigenvalue weighted by atomic mass is 10.1. The van der Waals surface area contributed by atoms with Crippen LogP contribution < -0.4 is 5.73 Å². The van der Waals surface area contributed by atoms with E-state index in [9.17, 15) is 31.1 Å². The van der Waals surface area contributed by atoms with Gasteiger partial charge in [0.25, 0.3) is 0 Å². The zero-order valence-corrected chi connectivity index (χ0v) is 8.48. The molecule has 1 aliphatic rings. The van der Waals surface area contributed by atoms with Crippen LogP contribution in [-0.4, -0.2) is 42.3 Å². The van der Waals surface area contributed by atoms with E-state index in [1.807, 2.05) is 0 Å². The van der Waals surface area contributed by atoms with Crippen molar-refractivity contribution >= 4 is 5.91 Å². The maximum Gasteiger partial charge on any atom is 0.417 e. The third-order valence-corrected chi connectivity index (χ3v) is 2.50. The van der Waals surface area contributed by atoms with Crippen molar-refractivity contribution in [3.63, 3.8) is 0 Å². The van der Waals surface area contributed by atoms with Crippen molar-refractivity contribution in [2.75, 3.05) is 13.1 Å². The number of alkyl halides is 6. The van der Waals surface area contributed by atoms with Gasteiger partial charge >= 0.3 is 12.4 Å². The fraction of sp³-hybridized carbons (Fsp3) is 0.875. The number of halogens is 6. The van der Waals surface area contributed by atoms with Crippen LogP contribution in [0.5, 0.6) is 0 Å². The van der Waals surface area contributed by atoms with Gasteiger partial charge in [-0.3, -0.25) is 4.79 Å². The molecule has 1 amide bonds. The number of amides is 1. The van der Waals surface area contributed by atoms with E-state index >= 15 is 0 Å². The van der Waals surface area contributed by atoms with Gasteiger partial charge in [-0.25, -0.2) is 0 Å². The Kier molecular flexibility index (Phi) is 3.60. The van der Waals surface area contributed by atoms with Crippen LogP contribution in [0.1, 0.15) is 6.42 Å². The summed E-state index contributed by atoms with van der Waals surface area (Å²) in [6.07, 6.45) is -11.4. The first kappa shape index (κ1) is 14.1. The van der Waals surface area contributed by atoms with E-state index in [-0.39, 0.29) is 17.9 Å².